The molecule has 0 aliphatic rings. The molecular formula is C11H20N4O. The van der Waals surface area contributed by atoms with Crippen LogP contribution in [0.5, 0.6) is 0 Å². The van der Waals surface area contributed by atoms with E-state index in [1.54, 1.807) is 13.3 Å². The fraction of sp³-hybridized carbons (Fsp3) is 0.636. The normalized spacial score (nSPS) is 13.8. The predicted octanol–water partition coefficient (Wildman–Crippen LogP) is 1.19. The molecule has 1 aromatic heterocycles. The Bertz CT molecular complexity index is 302. The lowest BCUT2D eigenvalue weighted by molar-refractivity contribution is 0.0116. The highest BCUT2D eigenvalue weighted by molar-refractivity contribution is 5.04. The van der Waals surface area contributed by atoms with Crippen molar-refractivity contribution in [1.29, 1.82) is 0 Å². The average molecular weight is 224 g/mol. The standard InChI is InChI=1S/C11H20N4O/c1-11(2,16-3)6-4-10(15-12)9-5-7-13-8-14-9/h5,7-8,10,15H,4,6,12H2,1-3H3. The van der Waals surface area contributed by atoms with Crippen molar-refractivity contribution in [3.05, 3.63) is 24.3 Å². The number of hydrogen-bond acceptors (Lipinski definition) is 5. The summed E-state index contributed by atoms with van der Waals surface area (Å²) in [5.74, 6) is 5.52. The van der Waals surface area contributed by atoms with Crippen LogP contribution in [0, 0.1) is 0 Å². The number of hydrazine groups is 1. The van der Waals surface area contributed by atoms with Crippen LogP contribution in [-0.4, -0.2) is 22.7 Å². The topological polar surface area (TPSA) is 73.1 Å². The lowest BCUT2D eigenvalue weighted by Gasteiger charge is -2.25. The van der Waals surface area contributed by atoms with Gasteiger partial charge in [-0.05, 0) is 32.8 Å². The summed E-state index contributed by atoms with van der Waals surface area (Å²) in [6.07, 6.45) is 5.02. The first kappa shape index (κ1) is 13.0. The molecular weight excluding hydrogens is 204 g/mol. The van der Waals surface area contributed by atoms with Crippen LogP contribution in [0.4, 0.5) is 0 Å². The summed E-state index contributed by atoms with van der Waals surface area (Å²) in [6, 6.07) is 1.90. The largest absolute Gasteiger partial charge is 0.379 e. The van der Waals surface area contributed by atoms with E-state index in [1.165, 1.54) is 6.33 Å². The van der Waals surface area contributed by atoms with Gasteiger partial charge in [0.25, 0.3) is 0 Å². The van der Waals surface area contributed by atoms with E-state index < -0.39 is 0 Å². The summed E-state index contributed by atoms with van der Waals surface area (Å²) >= 11 is 0. The van der Waals surface area contributed by atoms with Crippen LogP contribution >= 0.6 is 0 Å². The second-order valence-corrected chi connectivity index (χ2v) is 4.36. The van der Waals surface area contributed by atoms with E-state index in [-0.39, 0.29) is 11.6 Å². The molecule has 16 heavy (non-hydrogen) atoms. The van der Waals surface area contributed by atoms with Crippen LogP contribution in [0.2, 0.25) is 0 Å². The quantitative estimate of drug-likeness (QED) is 0.561. The molecule has 1 rings (SSSR count). The molecule has 3 N–H and O–H groups in total. The Hall–Kier alpha value is -1.04. The maximum atomic E-state index is 5.52. The summed E-state index contributed by atoms with van der Waals surface area (Å²) in [5.41, 5.74) is 3.54. The minimum atomic E-state index is -0.137. The van der Waals surface area contributed by atoms with Gasteiger partial charge in [0.2, 0.25) is 0 Å². The molecule has 0 spiro atoms. The Balaban J connectivity index is 2.57. The lowest BCUT2D eigenvalue weighted by atomic mass is 9.97. The highest BCUT2D eigenvalue weighted by Crippen LogP contribution is 2.22. The fourth-order valence-electron chi connectivity index (χ4n) is 1.42. The highest BCUT2D eigenvalue weighted by atomic mass is 16.5. The van der Waals surface area contributed by atoms with Crippen molar-refractivity contribution in [3.63, 3.8) is 0 Å². The maximum absolute atomic E-state index is 5.52. The fourth-order valence-corrected chi connectivity index (χ4v) is 1.42. The van der Waals surface area contributed by atoms with Gasteiger partial charge in [0.15, 0.2) is 0 Å². The van der Waals surface area contributed by atoms with Crippen molar-refractivity contribution in [2.45, 2.75) is 38.3 Å². The molecule has 0 saturated carbocycles. The van der Waals surface area contributed by atoms with Gasteiger partial charge in [-0.1, -0.05) is 0 Å². The van der Waals surface area contributed by atoms with Crippen LogP contribution in [0.1, 0.15) is 38.4 Å². The molecule has 0 bridgehead atoms. The Morgan fingerprint density at radius 1 is 1.56 bits per heavy atom. The maximum Gasteiger partial charge on any atom is 0.115 e. The van der Waals surface area contributed by atoms with Crippen LogP contribution in [0.15, 0.2) is 18.6 Å². The second kappa shape index (κ2) is 5.89. The van der Waals surface area contributed by atoms with Gasteiger partial charge in [0.05, 0.1) is 17.3 Å². The third-order valence-electron chi connectivity index (χ3n) is 2.75. The van der Waals surface area contributed by atoms with Crippen molar-refractivity contribution in [3.8, 4) is 0 Å². The van der Waals surface area contributed by atoms with Crippen molar-refractivity contribution < 1.29 is 4.74 Å². The molecule has 1 aromatic rings. The number of rotatable bonds is 6. The molecule has 90 valence electrons. The zero-order chi connectivity index (χ0) is 12.0. The predicted molar refractivity (Wildman–Crippen MR) is 62.4 cm³/mol. The van der Waals surface area contributed by atoms with Gasteiger partial charge in [-0.15, -0.1) is 0 Å². The summed E-state index contributed by atoms with van der Waals surface area (Å²) in [6.45, 7) is 4.11. The minimum Gasteiger partial charge on any atom is -0.379 e. The number of nitrogens with two attached hydrogens (primary N) is 1. The van der Waals surface area contributed by atoms with E-state index in [0.29, 0.717) is 0 Å². The van der Waals surface area contributed by atoms with Crippen LogP contribution in [0.3, 0.4) is 0 Å². The van der Waals surface area contributed by atoms with E-state index >= 15 is 0 Å². The molecule has 5 nitrogen and oxygen atoms in total. The second-order valence-electron chi connectivity index (χ2n) is 4.36. The molecule has 1 atom stereocenters. The Labute approximate surface area is 96.4 Å². The summed E-state index contributed by atoms with van der Waals surface area (Å²) in [4.78, 5) is 8.06. The van der Waals surface area contributed by atoms with E-state index in [2.05, 4.69) is 29.2 Å². The number of hydrogen-bond donors (Lipinski definition) is 2. The van der Waals surface area contributed by atoms with E-state index in [9.17, 15) is 0 Å². The first-order chi connectivity index (χ1) is 7.59. The molecule has 0 amide bonds. The van der Waals surface area contributed by atoms with Crippen LogP contribution < -0.4 is 11.3 Å². The van der Waals surface area contributed by atoms with Gasteiger partial charge < -0.3 is 4.74 Å². The van der Waals surface area contributed by atoms with Crippen molar-refractivity contribution >= 4 is 0 Å². The molecule has 0 aliphatic heterocycles. The highest BCUT2D eigenvalue weighted by Gasteiger charge is 2.20. The molecule has 0 radical (unpaired) electrons. The SMILES string of the molecule is COC(C)(C)CCC(NN)c1ccncn1. The molecule has 1 unspecified atom stereocenters. The first-order valence-corrected chi connectivity index (χ1v) is 5.36. The van der Waals surface area contributed by atoms with E-state index in [0.717, 1.165) is 18.5 Å². The van der Waals surface area contributed by atoms with Crippen molar-refractivity contribution in [2.75, 3.05) is 7.11 Å². The van der Waals surface area contributed by atoms with E-state index in [1.807, 2.05) is 6.07 Å². The van der Waals surface area contributed by atoms with Crippen LogP contribution in [0.25, 0.3) is 0 Å². The molecule has 0 aromatic carbocycles. The van der Waals surface area contributed by atoms with Gasteiger partial charge in [0.1, 0.15) is 6.33 Å². The first-order valence-electron chi connectivity index (χ1n) is 5.36. The third-order valence-corrected chi connectivity index (χ3v) is 2.75. The zero-order valence-electron chi connectivity index (χ0n) is 10.1. The van der Waals surface area contributed by atoms with Gasteiger partial charge in [-0.3, -0.25) is 11.3 Å². The van der Waals surface area contributed by atoms with Gasteiger partial charge in [-0.25, -0.2) is 9.97 Å². The number of ether oxygens (including phenoxy) is 1. The minimum absolute atomic E-state index is 0.0393. The smallest absolute Gasteiger partial charge is 0.115 e. The number of nitrogens with one attached hydrogen (secondary N) is 1. The third kappa shape index (κ3) is 3.84. The zero-order valence-corrected chi connectivity index (χ0v) is 10.1. The monoisotopic (exact) mass is 224 g/mol. The molecule has 0 fully saturated rings. The Morgan fingerprint density at radius 2 is 2.31 bits per heavy atom. The summed E-state index contributed by atoms with van der Waals surface area (Å²) < 4.78 is 5.37. The Morgan fingerprint density at radius 3 is 2.81 bits per heavy atom. The summed E-state index contributed by atoms with van der Waals surface area (Å²) in [7, 11) is 1.72. The van der Waals surface area contributed by atoms with Crippen LogP contribution in [-0.2, 0) is 4.74 Å². The van der Waals surface area contributed by atoms with E-state index in [4.69, 9.17) is 10.6 Å². The molecule has 0 aliphatic carbocycles. The number of methoxy groups -OCH3 is 1. The number of aromatic nitrogens is 2. The average Bonchev–Trinajstić information content (AvgIpc) is 2.31. The molecule has 5 heteroatoms. The van der Waals surface area contributed by atoms with Gasteiger partial charge in [-0.2, -0.15) is 0 Å². The van der Waals surface area contributed by atoms with Crippen molar-refractivity contribution in [2.24, 2.45) is 5.84 Å². The lowest BCUT2D eigenvalue weighted by Crippen LogP contribution is -2.31. The summed E-state index contributed by atoms with van der Waals surface area (Å²) in [5, 5.41) is 0. The Kier molecular flexibility index (Phi) is 4.79. The number of nitrogens with zero attached hydrogens (tertiary/aromatic N) is 2. The van der Waals surface area contributed by atoms with Crippen molar-refractivity contribution in [1.82, 2.24) is 15.4 Å². The van der Waals surface area contributed by atoms with Gasteiger partial charge in [0, 0.05) is 13.3 Å². The molecule has 1 heterocycles. The van der Waals surface area contributed by atoms with Gasteiger partial charge >= 0.3 is 0 Å². The molecule has 0 saturated heterocycles.